The highest BCUT2D eigenvalue weighted by molar-refractivity contribution is 5.80. The number of aliphatic hydroxyl groups is 1. The number of aliphatic hydroxyl groups excluding tert-OH is 1. The van der Waals surface area contributed by atoms with Crippen molar-refractivity contribution in [1.29, 1.82) is 0 Å². The van der Waals surface area contributed by atoms with Crippen LogP contribution in [0.4, 0.5) is 13.2 Å². The highest BCUT2D eigenvalue weighted by Gasteiger charge is 2.38. The van der Waals surface area contributed by atoms with Crippen molar-refractivity contribution in [3.8, 4) is 0 Å². The maximum absolute atomic E-state index is 12.2. The van der Waals surface area contributed by atoms with Crippen LogP contribution in [0.5, 0.6) is 0 Å². The number of likely N-dealkylation sites (tertiary alicyclic amines) is 1. The van der Waals surface area contributed by atoms with E-state index in [1.807, 2.05) is 0 Å². The van der Waals surface area contributed by atoms with Gasteiger partial charge in [0.2, 0.25) is 0 Å². The van der Waals surface area contributed by atoms with Gasteiger partial charge < -0.3 is 15.7 Å². The molecule has 0 amide bonds. The fourth-order valence-electron chi connectivity index (χ4n) is 2.37. The number of alkyl halides is 3. The lowest BCUT2D eigenvalue weighted by Crippen LogP contribution is -2.48. The zero-order valence-corrected chi connectivity index (χ0v) is 11.5. The standard InChI is InChI=1S/C12H21F3N4O/c1-16-11(17-6-10(20)12(13,14)15)18-8-4-5-19(7-8)9-2-3-9/h8-10,20H,2-7H2,1H3,(H2,16,17,18). The maximum Gasteiger partial charge on any atom is 0.416 e. The van der Waals surface area contributed by atoms with Gasteiger partial charge in [-0.15, -0.1) is 0 Å². The lowest BCUT2D eigenvalue weighted by Gasteiger charge is -2.20. The van der Waals surface area contributed by atoms with Crippen LogP contribution in [-0.4, -0.2) is 67.0 Å². The molecule has 3 N–H and O–H groups in total. The largest absolute Gasteiger partial charge is 0.416 e. The molecule has 0 aromatic carbocycles. The topological polar surface area (TPSA) is 59.9 Å². The Kier molecular flexibility index (Phi) is 4.74. The van der Waals surface area contributed by atoms with E-state index in [2.05, 4.69) is 20.5 Å². The molecule has 116 valence electrons. The van der Waals surface area contributed by atoms with E-state index in [4.69, 9.17) is 5.11 Å². The summed E-state index contributed by atoms with van der Waals surface area (Å²) in [4.78, 5) is 6.29. The zero-order valence-electron chi connectivity index (χ0n) is 11.5. The fourth-order valence-corrected chi connectivity index (χ4v) is 2.37. The smallest absolute Gasteiger partial charge is 0.382 e. The molecule has 1 aliphatic heterocycles. The van der Waals surface area contributed by atoms with E-state index in [0.717, 1.165) is 19.5 Å². The highest BCUT2D eigenvalue weighted by atomic mass is 19.4. The third kappa shape index (κ3) is 4.24. The third-order valence-electron chi connectivity index (χ3n) is 3.69. The van der Waals surface area contributed by atoms with Crippen molar-refractivity contribution in [3.63, 3.8) is 0 Å². The average molecular weight is 294 g/mol. The Morgan fingerprint density at radius 2 is 2.10 bits per heavy atom. The van der Waals surface area contributed by atoms with Crippen LogP contribution in [0.15, 0.2) is 4.99 Å². The number of aliphatic imine (C=N–C) groups is 1. The number of halogens is 3. The van der Waals surface area contributed by atoms with E-state index in [-0.39, 0.29) is 6.04 Å². The van der Waals surface area contributed by atoms with Gasteiger partial charge >= 0.3 is 6.18 Å². The Morgan fingerprint density at radius 1 is 1.40 bits per heavy atom. The Labute approximate surface area is 116 Å². The van der Waals surface area contributed by atoms with E-state index < -0.39 is 18.8 Å². The summed E-state index contributed by atoms with van der Waals surface area (Å²) in [5, 5.41) is 14.6. The number of hydrogen-bond donors (Lipinski definition) is 3. The van der Waals surface area contributed by atoms with Gasteiger partial charge in [0.15, 0.2) is 12.1 Å². The summed E-state index contributed by atoms with van der Waals surface area (Å²) in [6.45, 7) is 1.32. The molecule has 2 atom stereocenters. The molecule has 8 heteroatoms. The molecule has 0 spiro atoms. The third-order valence-corrected chi connectivity index (χ3v) is 3.69. The summed E-state index contributed by atoms with van der Waals surface area (Å²) >= 11 is 0. The Hall–Kier alpha value is -1.02. The molecule has 2 aliphatic rings. The quantitative estimate of drug-likeness (QED) is 0.516. The SMILES string of the molecule is CN=C(NCC(O)C(F)(F)F)NC1CCN(C2CC2)C1. The molecule has 1 heterocycles. The van der Waals surface area contributed by atoms with Crippen LogP contribution < -0.4 is 10.6 Å². The molecule has 0 aromatic rings. The minimum atomic E-state index is -4.61. The first kappa shape index (κ1) is 15.4. The lowest BCUT2D eigenvalue weighted by molar-refractivity contribution is -0.201. The van der Waals surface area contributed by atoms with Gasteiger partial charge in [-0.25, -0.2) is 0 Å². The normalized spacial score (nSPS) is 26.6. The van der Waals surface area contributed by atoms with Gasteiger partial charge in [0.1, 0.15) is 0 Å². The number of nitrogens with one attached hydrogen (secondary N) is 2. The van der Waals surface area contributed by atoms with E-state index in [1.165, 1.54) is 19.9 Å². The molecule has 2 fully saturated rings. The second-order valence-corrected chi connectivity index (χ2v) is 5.37. The van der Waals surface area contributed by atoms with Crippen LogP contribution in [-0.2, 0) is 0 Å². The van der Waals surface area contributed by atoms with Crippen LogP contribution in [0, 0.1) is 0 Å². The van der Waals surface area contributed by atoms with Gasteiger partial charge in [0.05, 0.1) is 6.54 Å². The summed E-state index contributed by atoms with van der Waals surface area (Å²) in [5.74, 6) is 0.302. The molecule has 0 bridgehead atoms. The predicted molar refractivity (Wildman–Crippen MR) is 69.6 cm³/mol. The summed E-state index contributed by atoms with van der Waals surface area (Å²) in [6.07, 6.45) is -3.54. The van der Waals surface area contributed by atoms with Crippen LogP contribution in [0.3, 0.4) is 0 Å². The van der Waals surface area contributed by atoms with E-state index in [0.29, 0.717) is 12.0 Å². The van der Waals surface area contributed by atoms with Crippen LogP contribution in [0.2, 0.25) is 0 Å². The molecule has 2 rings (SSSR count). The molecule has 2 unspecified atom stereocenters. The van der Waals surface area contributed by atoms with Crippen LogP contribution in [0.25, 0.3) is 0 Å². The zero-order chi connectivity index (χ0) is 14.8. The van der Waals surface area contributed by atoms with Crippen molar-refractivity contribution in [2.45, 2.75) is 43.6 Å². The average Bonchev–Trinajstić information content (AvgIpc) is 3.13. The summed E-state index contributed by atoms with van der Waals surface area (Å²) in [6, 6.07) is 0.897. The highest BCUT2D eigenvalue weighted by Crippen LogP contribution is 2.29. The molecular weight excluding hydrogens is 273 g/mol. The number of guanidine groups is 1. The summed E-state index contributed by atoms with van der Waals surface area (Å²) in [7, 11) is 1.50. The summed E-state index contributed by atoms with van der Waals surface area (Å²) < 4.78 is 36.6. The first-order valence-corrected chi connectivity index (χ1v) is 6.86. The van der Waals surface area contributed by atoms with E-state index >= 15 is 0 Å². The Morgan fingerprint density at radius 3 is 2.65 bits per heavy atom. The number of rotatable bonds is 4. The molecule has 5 nitrogen and oxygen atoms in total. The Balaban J connectivity index is 1.73. The van der Waals surface area contributed by atoms with E-state index in [1.54, 1.807) is 0 Å². The van der Waals surface area contributed by atoms with Crippen LogP contribution in [0.1, 0.15) is 19.3 Å². The maximum atomic E-state index is 12.2. The first-order chi connectivity index (χ1) is 9.40. The molecule has 1 saturated carbocycles. The van der Waals surface area contributed by atoms with Crippen molar-refractivity contribution in [2.75, 3.05) is 26.7 Å². The van der Waals surface area contributed by atoms with Gasteiger partial charge in [-0.1, -0.05) is 0 Å². The van der Waals surface area contributed by atoms with Gasteiger partial charge in [0.25, 0.3) is 0 Å². The number of hydrogen-bond acceptors (Lipinski definition) is 3. The minimum absolute atomic E-state index is 0.199. The summed E-state index contributed by atoms with van der Waals surface area (Å²) in [5.41, 5.74) is 0. The van der Waals surface area contributed by atoms with Crippen molar-refractivity contribution < 1.29 is 18.3 Å². The molecule has 0 aromatic heterocycles. The molecule has 1 aliphatic carbocycles. The van der Waals surface area contributed by atoms with Crippen molar-refractivity contribution in [3.05, 3.63) is 0 Å². The van der Waals surface area contributed by atoms with Crippen LogP contribution >= 0.6 is 0 Å². The lowest BCUT2D eigenvalue weighted by atomic mass is 10.3. The molecule has 1 saturated heterocycles. The second-order valence-electron chi connectivity index (χ2n) is 5.37. The minimum Gasteiger partial charge on any atom is -0.382 e. The van der Waals surface area contributed by atoms with Gasteiger partial charge in [-0.3, -0.25) is 9.89 Å². The Bertz CT molecular complexity index is 357. The van der Waals surface area contributed by atoms with Crippen molar-refractivity contribution in [2.24, 2.45) is 4.99 Å². The molecule has 20 heavy (non-hydrogen) atoms. The van der Waals surface area contributed by atoms with Crippen molar-refractivity contribution >= 4 is 5.96 Å². The molecule has 0 radical (unpaired) electrons. The van der Waals surface area contributed by atoms with E-state index in [9.17, 15) is 13.2 Å². The first-order valence-electron chi connectivity index (χ1n) is 6.86. The van der Waals surface area contributed by atoms with Gasteiger partial charge in [-0.05, 0) is 19.3 Å². The monoisotopic (exact) mass is 294 g/mol. The van der Waals surface area contributed by atoms with Crippen molar-refractivity contribution in [1.82, 2.24) is 15.5 Å². The number of nitrogens with zero attached hydrogens (tertiary/aromatic N) is 2. The molecular formula is C12H21F3N4O. The van der Waals surface area contributed by atoms with Gasteiger partial charge in [-0.2, -0.15) is 13.2 Å². The van der Waals surface area contributed by atoms with Gasteiger partial charge in [0, 0.05) is 32.2 Å². The predicted octanol–water partition coefficient (Wildman–Crippen LogP) is 0.311. The fraction of sp³-hybridized carbons (Fsp3) is 0.917. The second kappa shape index (κ2) is 6.17.